The van der Waals surface area contributed by atoms with Gasteiger partial charge in [-0.25, -0.2) is 9.80 Å². The minimum absolute atomic E-state index is 0.316. The third-order valence-electron chi connectivity index (χ3n) is 3.75. The molecule has 0 saturated carbocycles. The van der Waals surface area contributed by atoms with Crippen LogP contribution in [-0.4, -0.2) is 35.7 Å². The molecular formula is C20H18N2O3. The van der Waals surface area contributed by atoms with E-state index in [0.29, 0.717) is 13.0 Å². The Hall–Kier alpha value is -3.21. The van der Waals surface area contributed by atoms with E-state index in [2.05, 4.69) is 5.10 Å². The molecule has 0 saturated heterocycles. The lowest BCUT2D eigenvalue weighted by Gasteiger charge is -2.10. The van der Waals surface area contributed by atoms with E-state index in [9.17, 15) is 9.59 Å². The summed E-state index contributed by atoms with van der Waals surface area (Å²) < 4.78 is 4.99. The monoisotopic (exact) mass is 334 g/mol. The largest absolute Gasteiger partial charge is 0.452 e. The molecule has 0 bridgehead atoms. The zero-order valence-corrected chi connectivity index (χ0v) is 13.7. The van der Waals surface area contributed by atoms with Gasteiger partial charge in [0.25, 0.3) is 5.91 Å². The van der Waals surface area contributed by atoms with Gasteiger partial charge in [-0.05, 0) is 17.2 Å². The number of nitrogens with zero attached hydrogens (tertiary/aromatic N) is 2. The van der Waals surface area contributed by atoms with Crippen molar-refractivity contribution in [2.75, 3.05) is 13.2 Å². The van der Waals surface area contributed by atoms with Crippen LogP contribution in [0.2, 0.25) is 0 Å². The predicted molar refractivity (Wildman–Crippen MR) is 95.7 cm³/mol. The number of benzene rings is 2. The van der Waals surface area contributed by atoms with Gasteiger partial charge in [0.15, 0.2) is 6.61 Å². The van der Waals surface area contributed by atoms with Crippen LogP contribution in [0.25, 0.3) is 6.08 Å². The Morgan fingerprint density at radius 2 is 1.72 bits per heavy atom. The topological polar surface area (TPSA) is 59.0 Å². The fraction of sp³-hybridized carbons (Fsp3) is 0.150. The molecule has 0 aromatic heterocycles. The van der Waals surface area contributed by atoms with Crippen molar-refractivity contribution in [1.29, 1.82) is 0 Å². The minimum atomic E-state index is -0.552. The van der Waals surface area contributed by atoms with E-state index < -0.39 is 5.97 Å². The molecular weight excluding hydrogens is 316 g/mol. The quantitative estimate of drug-likeness (QED) is 0.624. The number of ether oxygens (including phenoxy) is 1. The molecule has 1 amide bonds. The molecule has 1 heterocycles. The van der Waals surface area contributed by atoms with E-state index in [1.54, 1.807) is 6.08 Å². The zero-order chi connectivity index (χ0) is 17.5. The first-order valence-electron chi connectivity index (χ1n) is 8.05. The highest BCUT2D eigenvalue weighted by molar-refractivity contribution is 6.02. The molecule has 3 rings (SSSR count). The molecule has 0 unspecified atom stereocenters. The van der Waals surface area contributed by atoms with Crippen LogP contribution in [0.15, 0.2) is 71.8 Å². The van der Waals surface area contributed by atoms with Gasteiger partial charge in [0.1, 0.15) is 0 Å². The predicted octanol–water partition coefficient (Wildman–Crippen LogP) is 2.88. The summed E-state index contributed by atoms with van der Waals surface area (Å²) in [4.78, 5) is 23.8. The normalized spacial score (nSPS) is 13.8. The third-order valence-corrected chi connectivity index (χ3v) is 3.75. The summed E-state index contributed by atoms with van der Waals surface area (Å²) in [6.07, 6.45) is 3.65. The van der Waals surface area contributed by atoms with Crippen LogP contribution in [0.3, 0.4) is 0 Å². The van der Waals surface area contributed by atoms with Gasteiger partial charge in [-0.3, -0.25) is 4.79 Å². The second kappa shape index (κ2) is 8.06. The highest BCUT2D eigenvalue weighted by atomic mass is 16.5. The molecule has 0 radical (unpaired) electrons. The number of amides is 1. The lowest BCUT2D eigenvalue weighted by atomic mass is 10.1. The highest BCUT2D eigenvalue weighted by Gasteiger charge is 2.22. The lowest BCUT2D eigenvalue weighted by Crippen LogP contribution is -2.28. The van der Waals surface area contributed by atoms with E-state index in [4.69, 9.17) is 4.74 Å². The second-order valence-electron chi connectivity index (χ2n) is 5.53. The van der Waals surface area contributed by atoms with E-state index in [0.717, 1.165) is 16.8 Å². The Kier molecular flexibility index (Phi) is 5.36. The molecule has 2 aromatic rings. The Labute approximate surface area is 146 Å². The minimum Gasteiger partial charge on any atom is -0.452 e. The fourth-order valence-corrected chi connectivity index (χ4v) is 2.45. The SMILES string of the molecule is O=C(/C=C/c1ccccc1)OCC(=O)N1CCC(c2ccccc2)=N1. The maximum atomic E-state index is 12.1. The molecule has 2 aromatic carbocycles. The summed E-state index contributed by atoms with van der Waals surface area (Å²) in [5.74, 6) is -0.879. The van der Waals surface area contributed by atoms with Crippen molar-refractivity contribution in [1.82, 2.24) is 5.01 Å². The maximum absolute atomic E-state index is 12.1. The van der Waals surface area contributed by atoms with E-state index in [-0.39, 0.29) is 12.5 Å². The van der Waals surface area contributed by atoms with Gasteiger partial charge in [-0.2, -0.15) is 5.10 Å². The van der Waals surface area contributed by atoms with Crippen molar-refractivity contribution in [2.45, 2.75) is 6.42 Å². The summed E-state index contributed by atoms with van der Waals surface area (Å²) in [5, 5.41) is 5.68. The molecule has 5 nitrogen and oxygen atoms in total. The molecule has 0 fully saturated rings. The van der Waals surface area contributed by atoms with Crippen LogP contribution in [-0.2, 0) is 14.3 Å². The first kappa shape index (κ1) is 16.6. The number of carbonyl (C=O) groups excluding carboxylic acids is 2. The van der Waals surface area contributed by atoms with Crippen molar-refractivity contribution in [3.63, 3.8) is 0 Å². The average molecular weight is 334 g/mol. The first-order valence-corrected chi connectivity index (χ1v) is 8.05. The van der Waals surface area contributed by atoms with Crippen molar-refractivity contribution >= 4 is 23.7 Å². The van der Waals surface area contributed by atoms with E-state index >= 15 is 0 Å². The Bertz CT molecular complexity index is 798. The van der Waals surface area contributed by atoms with Crippen LogP contribution in [0.5, 0.6) is 0 Å². The molecule has 0 spiro atoms. The van der Waals surface area contributed by atoms with Crippen molar-refractivity contribution < 1.29 is 14.3 Å². The number of rotatable bonds is 5. The van der Waals surface area contributed by atoms with Gasteiger partial charge < -0.3 is 4.74 Å². The van der Waals surface area contributed by atoms with Gasteiger partial charge in [-0.15, -0.1) is 0 Å². The molecule has 0 atom stereocenters. The molecule has 126 valence electrons. The summed E-state index contributed by atoms with van der Waals surface area (Å²) >= 11 is 0. The lowest BCUT2D eigenvalue weighted by molar-refractivity contribution is -0.147. The van der Waals surface area contributed by atoms with Gasteiger partial charge in [-0.1, -0.05) is 60.7 Å². The van der Waals surface area contributed by atoms with Gasteiger partial charge in [0.2, 0.25) is 0 Å². The van der Waals surface area contributed by atoms with Crippen LogP contribution in [0.1, 0.15) is 17.5 Å². The molecule has 1 aliphatic heterocycles. The van der Waals surface area contributed by atoms with Crippen molar-refractivity contribution in [2.24, 2.45) is 5.10 Å². The summed E-state index contributed by atoms with van der Waals surface area (Å²) in [5.41, 5.74) is 2.76. The third kappa shape index (κ3) is 4.64. The van der Waals surface area contributed by atoms with Gasteiger partial charge >= 0.3 is 5.97 Å². The summed E-state index contributed by atoms with van der Waals surface area (Å²) in [7, 11) is 0. The number of carbonyl (C=O) groups is 2. The molecule has 0 N–H and O–H groups in total. The smallest absolute Gasteiger partial charge is 0.331 e. The maximum Gasteiger partial charge on any atom is 0.331 e. The molecule has 25 heavy (non-hydrogen) atoms. The Balaban J connectivity index is 1.50. The van der Waals surface area contributed by atoms with Crippen molar-refractivity contribution in [3.05, 3.63) is 77.9 Å². The standard InChI is InChI=1S/C20H18N2O3/c23-19(15-25-20(24)12-11-16-7-3-1-4-8-16)22-14-13-18(21-22)17-9-5-2-6-10-17/h1-12H,13-15H2/b12-11+. The molecule has 1 aliphatic rings. The van der Waals surface area contributed by atoms with E-state index in [1.165, 1.54) is 11.1 Å². The second-order valence-corrected chi connectivity index (χ2v) is 5.53. The number of hydrazone groups is 1. The number of hydrogen-bond acceptors (Lipinski definition) is 4. The summed E-state index contributed by atoms with van der Waals surface area (Å²) in [6.45, 7) is 0.185. The van der Waals surface area contributed by atoms with Gasteiger partial charge in [0, 0.05) is 12.5 Å². The Morgan fingerprint density at radius 3 is 2.44 bits per heavy atom. The molecule has 5 heteroatoms. The van der Waals surface area contributed by atoms with Crippen molar-refractivity contribution in [3.8, 4) is 0 Å². The van der Waals surface area contributed by atoms with Crippen LogP contribution in [0.4, 0.5) is 0 Å². The van der Waals surface area contributed by atoms with Crippen LogP contribution in [0, 0.1) is 0 Å². The zero-order valence-electron chi connectivity index (χ0n) is 13.7. The number of hydrogen-bond donors (Lipinski definition) is 0. The van der Waals surface area contributed by atoms with Crippen LogP contribution < -0.4 is 0 Å². The fourth-order valence-electron chi connectivity index (χ4n) is 2.45. The van der Waals surface area contributed by atoms with Crippen LogP contribution >= 0.6 is 0 Å². The summed E-state index contributed by atoms with van der Waals surface area (Å²) in [6, 6.07) is 19.1. The highest BCUT2D eigenvalue weighted by Crippen LogP contribution is 2.13. The molecule has 0 aliphatic carbocycles. The van der Waals surface area contributed by atoms with E-state index in [1.807, 2.05) is 60.7 Å². The van der Waals surface area contributed by atoms with Gasteiger partial charge in [0.05, 0.1) is 12.3 Å². The average Bonchev–Trinajstić information content (AvgIpc) is 3.16. The number of esters is 1. The first-order chi connectivity index (χ1) is 12.2. The Morgan fingerprint density at radius 1 is 1.04 bits per heavy atom.